The van der Waals surface area contributed by atoms with Crippen LogP contribution in [0.5, 0.6) is 5.75 Å². The summed E-state index contributed by atoms with van der Waals surface area (Å²) in [5.41, 5.74) is 1.51. The van der Waals surface area contributed by atoms with E-state index in [9.17, 15) is 13.2 Å². The van der Waals surface area contributed by atoms with Gasteiger partial charge in [-0.25, -0.2) is 8.42 Å². The Morgan fingerprint density at radius 3 is 2.66 bits per heavy atom. The molecular formula is C20H25ClN2O4S2. The minimum absolute atomic E-state index is 0.284. The number of rotatable bonds is 11. The number of carbonyl (C=O) groups is 1. The number of thioether (sulfide) groups is 1. The van der Waals surface area contributed by atoms with Crippen LogP contribution in [0.15, 0.2) is 48.5 Å². The number of carbonyl (C=O) groups excluding carboxylic acids is 1. The maximum absolute atomic E-state index is 12.3. The van der Waals surface area contributed by atoms with E-state index in [0.717, 1.165) is 21.9 Å². The van der Waals surface area contributed by atoms with Gasteiger partial charge in [0.2, 0.25) is 15.9 Å². The lowest BCUT2D eigenvalue weighted by atomic mass is 10.2. The molecular weight excluding hydrogens is 432 g/mol. The molecule has 0 radical (unpaired) electrons. The first-order valence-electron chi connectivity index (χ1n) is 9.09. The minimum atomic E-state index is -3.62. The van der Waals surface area contributed by atoms with E-state index in [0.29, 0.717) is 35.4 Å². The summed E-state index contributed by atoms with van der Waals surface area (Å²) in [6.07, 6.45) is 1.08. The molecule has 0 aliphatic heterocycles. The highest BCUT2D eigenvalue weighted by Crippen LogP contribution is 2.23. The molecule has 1 N–H and O–H groups in total. The lowest BCUT2D eigenvalue weighted by molar-refractivity contribution is -0.119. The van der Waals surface area contributed by atoms with Crippen molar-refractivity contribution in [3.63, 3.8) is 0 Å². The van der Waals surface area contributed by atoms with Crippen molar-refractivity contribution in [2.75, 3.05) is 36.0 Å². The fourth-order valence-corrected chi connectivity index (χ4v) is 4.43. The summed E-state index contributed by atoms with van der Waals surface area (Å²) in [5, 5.41) is 3.47. The third-order valence-electron chi connectivity index (χ3n) is 3.83. The third kappa shape index (κ3) is 8.16. The normalized spacial score (nSPS) is 11.1. The Labute approximate surface area is 181 Å². The number of ether oxygens (including phenoxy) is 1. The zero-order valence-corrected chi connectivity index (χ0v) is 18.8. The molecule has 0 unspecified atom stereocenters. The van der Waals surface area contributed by atoms with Gasteiger partial charge < -0.3 is 10.1 Å². The molecule has 2 rings (SSSR count). The first-order chi connectivity index (χ1) is 13.8. The molecule has 0 atom stereocenters. The van der Waals surface area contributed by atoms with Gasteiger partial charge in [-0.3, -0.25) is 9.10 Å². The molecule has 0 aliphatic carbocycles. The summed E-state index contributed by atoms with van der Waals surface area (Å²) in [7, 11) is -3.62. The number of hydrogen-bond donors (Lipinski definition) is 1. The van der Waals surface area contributed by atoms with Crippen molar-refractivity contribution in [2.45, 2.75) is 12.7 Å². The van der Waals surface area contributed by atoms with E-state index in [1.54, 1.807) is 36.0 Å². The smallest absolute Gasteiger partial charge is 0.240 e. The number of halogens is 1. The standard InChI is InChI=1S/C20H25ClN2O4S2/c1-3-27-19-9-5-8-18(13-19)23(29(2,25)26)14-20(24)22-10-11-28-15-16-6-4-7-17(21)12-16/h4-9,12-13H,3,10-11,14-15H2,1-2H3,(H,22,24). The molecule has 0 heterocycles. The number of benzene rings is 2. The summed E-state index contributed by atoms with van der Waals surface area (Å²) in [6, 6.07) is 14.3. The highest BCUT2D eigenvalue weighted by molar-refractivity contribution is 7.98. The van der Waals surface area contributed by atoms with Gasteiger partial charge >= 0.3 is 0 Å². The van der Waals surface area contributed by atoms with Crippen molar-refractivity contribution >= 4 is 45.0 Å². The molecule has 2 aromatic carbocycles. The van der Waals surface area contributed by atoms with Crippen molar-refractivity contribution in [1.29, 1.82) is 0 Å². The largest absolute Gasteiger partial charge is 0.494 e. The number of nitrogens with zero attached hydrogens (tertiary/aromatic N) is 1. The van der Waals surface area contributed by atoms with Crippen molar-refractivity contribution in [2.24, 2.45) is 0 Å². The van der Waals surface area contributed by atoms with Crippen LogP contribution in [0.4, 0.5) is 5.69 Å². The van der Waals surface area contributed by atoms with Crippen LogP contribution in [0.2, 0.25) is 5.02 Å². The summed E-state index contributed by atoms with van der Waals surface area (Å²) < 4.78 is 30.9. The molecule has 0 bridgehead atoms. The average molecular weight is 457 g/mol. The van der Waals surface area contributed by atoms with Crippen molar-refractivity contribution in [3.05, 3.63) is 59.1 Å². The molecule has 0 spiro atoms. The van der Waals surface area contributed by atoms with Gasteiger partial charge in [0.25, 0.3) is 0 Å². The number of anilines is 1. The van der Waals surface area contributed by atoms with Crippen LogP contribution < -0.4 is 14.4 Å². The average Bonchev–Trinajstić information content (AvgIpc) is 2.65. The van der Waals surface area contributed by atoms with Gasteiger partial charge in [-0.15, -0.1) is 0 Å². The Kier molecular flexibility index (Phi) is 9.13. The van der Waals surface area contributed by atoms with Crippen molar-refractivity contribution in [1.82, 2.24) is 5.32 Å². The van der Waals surface area contributed by atoms with Crippen LogP contribution in [0, 0.1) is 0 Å². The highest BCUT2D eigenvalue weighted by atomic mass is 35.5. The van der Waals surface area contributed by atoms with Gasteiger partial charge in [-0.1, -0.05) is 29.8 Å². The molecule has 0 saturated carbocycles. The van der Waals surface area contributed by atoms with E-state index in [2.05, 4.69) is 5.32 Å². The molecule has 158 valence electrons. The summed E-state index contributed by atoms with van der Waals surface area (Å²) in [5.74, 6) is 1.68. The summed E-state index contributed by atoms with van der Waals surface area (Å²) in [6.45, 7) is 2.47. The van der Waals surface area contributed by atoms with E-state index in [1.807, 2.05) is 31.2 Å². The van der Waals surface area contributed by atoms with Crippen LogP contribution in [0.25, 0.3) is 0 Å². The first-order valence-corrected chi connectivity index (χ1v) is 12.5. The predicted molar refractivity (Wildman–Crippen MR) is 120 cm³/mol. The number of nitrogens with one attached hydrogen (secondary N) is 1. The summed E-state index contributed by atoms with van der Waals surface area (Å²) in [4.78, 5) is 12.3. The van der Waals surface area contributed by atoms with E-state index < -0.39 is 10.0 Å². The van der Waals surface area contributed by atoms with Crippen molar-refractivity contribution in [3.8, 4) is 5.75 Å². The van der Waals surface area contributed by atoms with E-state index in [4.69, 9.17) is 16.3 Å². The lowest BCUT2D eigenvalue weighted by Gasteiger charge is -2.22. The van der Waals surface area contributed by atoms with E-state index in [-0.39, 0.29) is 12.5 Å². The molecule has 0 saturated heterocycles. The predicted octanol–water partition coefficient (Wildman–Crippen LogP) is 3.55. The molecule has 0 aliphatic rings. The fourth-order valence-electron chi connectivity index (χ4n) is 2.56. The van der Waals surface area contributed by atoms with Crippen molar-refractivity contribution < 1.29 is 17.9 Å². The highest BCUT2D eigenvalue weighted by Gasteiger charge is 2.21. The van der Waals surface area contributed by atoms with Gasteiger partial charge in [0.15, 0.2) is 0 Å². The molecule has 2 aromatic rings. The Morgan fingerprint density at radius 1 is 1.21 bits per heavy atom. The topological polar surface area (TPSA) is 75.7 Å². The minimum Gasteiger partial charge on any atom is -0.494 e. The second-order valence-corrected chi connectivity index (χ2v) is 9.68. The number of sulfonamides is 1. The lowest BCUT2D eigenvalue weighted by Crippen LogP contribution is -2.41. The zero-order valence-electron chi connectivity index (χ0n) is 16.4. The molecule has 0 aromatic heterocycles. The number of hydrogen-bond acceptors (Lipinski definition) is 5. The molecule has 1 amide bonds. The van der Waals surface area contributed by atoms with Crippen LogP contribution in [-0.4, -0.2) is 46.0 Å². The third-order valence-corrected chi connectivity index (χ3v) is 6.24. The quantitative estimate of drug-likeness (QED) is 0.523. The number of amides is 1. The SMILES string of the molecule is CCOc1cccc(N(CC(=O)NCCSCc2cccc(Cl)c2)S(C)(=O)=O)c1. The second-order valence-electron chi connectivity index (χ2n) is 6.23. The van der Waals surface area contributed by atoms with Crippen LogP contribution in [-0.2, 0) is 20.6 Å². The van der Waals surface area contributed by atoms with Gasteiger partial charge in [0.1, 0.15) is 12.3 Å². The first kappa shape index (κ1) is 23.4. The van der Waals surface area contributed by atoms with Gasteiger partial charge in [0, 0.05) is 29.1 Å². The molecule has 9 heteroatoms. The van der Waals surface area contributed by atoms with Crippen LogP contribution in [0.1, 0.15) is 12.5 Å². The fraction of sp³-hybridized carbons (Fsp3) is 0.350. The Morgan fingerprint density at radius 2 is 1.97 bits per heavy atom. The van der Waals surface area contributed by atoms with Gasteiger partial charge in [-0.2, -0.15) is 11.8 Å². The van der Waals surface area contributed by atoms with Gasteiger partial charge in [0.05, 0.1) is 18.6 Å². The Hall–Kier alpha value is -1.90. The Bertz CT molecular complexity index is 922. The van der Waals surface area contributed by atoms with Crippen LogP contribution >= 0.6 is 23.4 Å². The Balaban J connectivity index is 1.86. The summed E-state index contributed by atoms with van der Waals surface area (Å²) >= 11 is 7.63. The zero-order chi connectivity index (χ0) is 21.3. The molecule has 29 heavy (non-hydrogen) atoms. The van der Waals surface area contributed by atoms with E-state index in [1.165, 1.54) is 0 Å². The maximum atomic E-state index is 12.3. The van der Waals surface area contributed by atoms with Crippen LogP contribution in [0.3, 0.4) is 0 Å². The van der Waals surface area contributed by atoms with Gasteiger partial charge in [-0.05, 0) is 36.8 Å². The molecule has 6 nitrogen and oxygen atoms in total. The molecule has 0 fully saturated rings. The monoisotopic (exact) mass is 456 g/mol. The van der Waals surface area contributed by atoms with E-state index >= 15 is 0 Å². The second kappa shape index (κ2) is 11.3. The maximum Gasteiger partial charge on any atom is 0.240 e.